The molecule has 192 valence electrons. The van der Waals surface area contributed by atoms with Crippen LogP contribution in [0.4, 0.5) is 5.69 Å². The topological polar surface area (TPSA) is 185 Å². The van der Waals surface area contributed by atoms with Crippen molar-refractivity contribution in [2.75, 3.05) is 23.0 Å². The molecule has 13 nitrogen and oxygen atoms in total. The third kappa shape index (κ3) is 4.53. The van der Waals surface area contributed by atoms with Gasteiger partial charge < -0.3 is 20.8 Å². The van der Waals surface area contributed by atoms with Crippen LogP contribution in [0.5, 0.6) is 0 Å². The highest BCUT2D eigenvalue weighted by atomic mass is 32.2. The number of β-lactam (4-membered cyclic amide) rings is 1. The second kappa shape index (κ2) is 10.1. The lowest BCUT2D eigenvalue weighted by atomic mass is 9.89. The molecule has 2 aliphatic heterocycles. The Balaban J connectivity index is 1.50. The van der Waals surface area contributed by atoms with Gasteiger partial charge in [0.05, 0.1) is 0 Å². The number of benzene rings is 1. The average molecular weight is 536 g/mol. The minimum absolute atomic E-state index is 0.0142. The van der Waals surface area contributed by atoms with Crippen molar-refractivity contribution in [1.82, 2.24) is 24.5 Å². The summed E-state index contributed by atoms with van der Waals surface area (Å²) in [7, 11) is 0. The lowest BCUT2D eigenvalue weighted by molar-refractivity contribution is -0.156. The van der Waals surface area contributed by atoms with E-state index >= 15 is 0 Å². The summed E-state index contributed by atoms with van der Waals surface area (Å²) in [5, 5.41) is 30.3. The van der Waals surface area contributed by atoms with Crippen LogP contribution in [0, 0.1) is 5.41 Å². The Labute approximate surface area is 214 Å². The van der Waals surface area contributed by atoms with Gasteiger partial charge in [-0.1, -0.05) is 18.2 Å². The molecule has 3 unspecified atom stereocenters. The van der Waals surface area contributed by atoms with Crippen LogP contribution in [-0.2, 0) is 25.7 Å². The van der Waals surface area contributed by atoms with E-state index in [1.54, 1.807) is 18.2 Å². The number of carbonyl (C=O) groups excluding carboxylic acids is 2. The molecule has 4 N–H and O–H groups in total. The maximum Gasteiger partial charge on any atom is 0.314 e. The molecule has 0 bridgehead atoms. The van der Waals surface area contributed by atoms with Crippen LogP contribution in [0.3, 0.4) is 0 Å². The Morgan fingerprint density at radius 2 is 2.06 bits per heavy atom. The third-order valence-corrected chi connectivity index (χ3v) is 8.93. The van der Waals surface area contributed by atoms with Crippen molar-refractivity contribution in [3.63, 3.8) is 0 Å². The first-order valence-corrected chi connectivity index (χ1v) is 13.0. The number of carboxylic acid groups (broad SMARTS) is 2. The van der Waals surface area contributed by atoms with Crippen molar-refractivity contribution in [1.29, 1.82) is 0 Å². The fraction of sp³-hybridized carbons (Fsp3) is 0.476. The Bertz CT molecular complexity index is 1210. The first-order valence-electron chi connectivity index (χ1n) is 11.0. The normalized spacial score (nSPS) is 24.0. The maximum absolute atomic E-state index is 13.2. The van der Waals surface area contributed by atoms with Gasteiger partial charge >= 0.3 is 11.9 Å². The number of carboxylic acids is 2. The predicted molar refractivity (Wildman–Crippen MR) is 131 cm³/mol. The number of carbonyl (C=O) groups is 4. The van der Waals surface area contributed by atoms with Gasteiger partial charge in [-0.25, -0.2) is 0 Å². The van der Waals surface area contributed by atoms with Crippen molar-refractivity contribution >= 4 is 53.2 Å². The standard InChI is InChI=1S/C21H25N7O6S2/c1-11(19(31)32)16-23-25-28(24-16)36-10-21(20(33)34)8-26-17(30)15(18(26)35-9-21)27(12(2)29)14-6-4-3-5-13(14)7-22/h3-6,11,15,18H,7-10,22H2,1-2H3,(H,31,32)(H,33,34)/t11?,15?,18-,21?/m1/s1. The number of anilines is 1. The molecule has 4 atom stereocenters. The monoisotopic (exact) mass is 535 g/mol. The number of amides is 2. The van der Waals surface area contributed by atoms with Crippen molar-refractivity contribution in [3.8, 4) is 0 Å². The van der Waals surface area contributed by atoms with Gasteiger partial charge in [-0.15, -0.1) is 26.2 Å². The smallest absolute Gasteiger partial charge is 0.314 e. The number of hydrogen-bond donors (Lipinski definition) is 3. The lowest BCUT2D eigenvalue weighted by Gasteiger charge is -2.56. The minimum Gasteiger partial charge on any atom is -0.481 e. The molecule has 36 heavy (non-hydrogen) atoms. The van der Waals surface area contributed by atoms with Crippen LogP contribution in [0.15, 0.2) is 24.3 Å². The van der Waals surface area contributed by atoms with Gasteiger partial charge in [0.25, 0.3) is 0 Å². The molecule has 3 heterocycles. The Kier molecular flexibility index (Phi) is 7.24. The number of tetrazole rings is 1. The Hall–Kier alpha value is -3.17. The molecule has 0 aliphatic carbocycles. The fourth-order valence-electron chi connectivity index (χ4n) is 4.15. The molecule has 2 saturated heterocycles. The number of rotatable bonds is 9. The second-order valence-electron chi connectivity index (χ2n) is 8.65. The highest BCUT2D eigenvalue weighted by molar-refractivity contribution is 8.00. The number of thioether (sulfide) groups is 1. The molecule has 2 amide bonds. The number of fused-ring (bicyclic) bond motifs is 1. The van der Waals surface area contributed by atoms with Crippen LogP contribution < -0.4 is 10.6 Å². The summed E-state index contributed by atoms with van der Waals surface area (Å²) in [6.45, 7) is 2.97. The minimum atomic E-state index is -1.30. The van der Waals surface area contributed by atoms with E-state index in [0.717, 1.165) is 21.7 Å². The molecule has 1 aromatic heterocycles. The van der Waals surface area contributed by atoms with Crippen molar-refractivity contribution in [2.24, 2.45) is 11.1 Å². The Morgan fingerprint density at radius 3 is 2.69 bits per heavy atom. The first-order chi connectivity index (χ1) is 17.1. The molecular weight excluding hydrogens is 510 g/mol. The van der Waals surface area contributed by atoms with Gasteiger partial charge in [0.1, 0.15) is 22.7 Å². The van der Waals surface area contributed by atoms with Crippen LogP contribution in [0.1, 0.15) is 31.2 Å². The summed E-state index contributed by atoms with van der Waals surface area (Å²) in [5.74, 6) is -3.53. The summed E-state index contributed by atoms with van der Waals surface area (Å²) < 4.78 is 1.10. The van der Waals surface area contributed by atoms with E-state index in [2.05, 4.69) is 15.4 Å². The number of aromatic nitrogens is 4. The van der Waals surface area contributed by atoms with E-state index < -0.39 is 34.7 Å². The SMILES string of the molecule is CC(=O)N(c1ccccc1CN)C1C(=O)N2CC(CSn3nnc(C(C)C(=O)O)n3)(C(=O)O)CS[C@H]12. The van der Waals surface area contributed by atoms with E-state index in [9.17, 15) is 24.3 Å². The van der Waals surface area contributed by atoms with Crippen molar-refractivity contribution in [2.45, 2.75) is 37.7 Å². The molecule has 2 aromatic rings. The van der Waals surface area contributed by atoms with Gasteiger partial charge in [-0.3, -0.25) is 24.1 Å². The lowest BCUT2D eigenvalue weighted by Crippen LogP contribution is -2.74. The van der Waals surface area contributed by atoms with Crippen molar-refractivity contribution < 1.29 is 29.4 Å². The zero-order valence-corrected chi connectivity index (χ0v) is 21.1. The van der Waals surface area contributed by atoms with Gasteiger partial charge in [-0.05, 0) is 23.8 Å². The van der Waals surface area contributed by atoms with Crippen LogP contribution in [-0.4, -0.2) is 87.9 Å². The van der Waals surface area contributed by atoms with Gasteiger partial charge in [0, 0.05) is 49.2 Å². The molecule has 15 heteroatoms. The number of nitrogens with two attached hydrogens (primary N) is 1. The predicted octanol–water partition coefficient (Wildman–Crippen LogP) is 0.224. The zero-order valence-electron chi connectivity index (χ0n) is 19.5. The van der Waals surface area contributed by atoms with Gasteiger partial charge in [-0.2, -0.15) is 0 Å². The maximum atomic E-state index is 13.2. The van der Waals surface area contributed by atoms with E-state index in [1.807, 2.05) is 6.07 Å². The highest BCUT2D eigenvalue weighted by Gasteiger charge is 2.59. The summed E-state index contributed by atoms with van der Waals surface area (Å²) in [6, 6.07) is 6.37. The molecule has 2 fully saturated rings. The van der Waals surface area contributed by atoms with Gasteiger partial charge in [0.2, 0.25) is 11.8 Å². The largest absolute Gasteiger partial charge is 0.481 e. The summed E-state index contributed by atoms with van der Waals surface area (Å²) in [4.78, 5) is 52.2. The van der Waals surface area contributed by atoms with E-state index in [-0.39, 0.29) is 42.2 Å². The molecule has 0 saturated carbocycles. The summed E-state index contributed by atoms with van der Waals surface area (Å²) in [5.41, 5.74) is 5.85. The Morgan fingerprint density at radius 1 is 1.33 bits per heavy atom. The highest BCUT2D eigenvalue weighted by Crippen LogP contribution is 2.46. The third-order valence-electron chi connectivity index (χ3n) is 6.28. The number of aliphatic carboxylic acids is 2. The zero-order chi connectivity index (χ0) is 26.2. The van der Waals surface area contributed by atoms with Crippen molar-refractivity contribution in [3.05, 3.63) is 35.7 Å². The molecule has 0 radical (unpaired) electrons. The van der Waals surface area contributed by atoms with E-state index in [0.29, 0.717) is 5.69 Å². The molecule has 0 spiro atoms. The fourth-order valence-corrected chi connectivity index (χ4v) is 6.78. The molecule has 1 aromatic carbocycles. The quantitative estimate of drug-likeness (QED) is 0.372. The average Bonchev–Trinajstić information content (AvgIpc) is 3.33. The summed E-state index contributed by atoms with van der Waals surface area (Å²) in [6.07, 6.45) is 0. The number of nitrogens with zero attached hydrogens (tertiary/aromatic N) is 6. The van der Waals surface area contributed by atoms with E-state index in [1.165, 1.54) is 35.4 Å². The van der Waals surface area contributed by atoms with Crippen LogP contribution in [0.25, 0.3) is 0 Å². The first kappa shape index (κ1) is 25.9. The molecule has 4 rings (SSSR count). The second-order valence-corrected chi connectivity index (χ2v) is 10.6. The molecular formula is C21H25N7O6S2. The van der Waals surface area contributed by atoms with Crippen LogP contribution in [0.2, 0.25) is 0 Å². The number of para-hydroxylation sites is 1. The molecule has 2 aliphatic rings. The van der Waals surface area contributed by atoms with Crippen LogP contribution >= 0.6 is 23.7 Å². The summed E-state index contributed by atoms with van der Waals surface area (Å²) >= 11 is 2.28. The van der Waals surface area contributed by atoms with Gasteiger partial charge in [0.15, 0.2) is 5.82 Å². The van der Waals surface area contributed by atoms with E-state index in [4.69, 9.17) is 10.8 Å². The number of hydrogen-bond acceptors (Lipinski definition) is 10.